The average molecular weight is 485 g/mol. The predicted octanol–water partition coefficient (Wildman–Crippen LogP) is 4.17. The number of hydrogen-bond acceptors (Lipinski definition) is 6. The highest BCUT2D eigenvalue weighted by molar-refractivity contribution is 7.10. The van der Waals surface area contributed by atoms with Crippen LogP contribution in [-0.4, -0.2) is 17.6 Å². The second-order valence-corrected chi connectivity index (χ2v) is 10.2. The number of esters is 1. The molecule has 34 heavy (non-hydrogen) atoms. The van der Waals surface area contributed by atoms with Gasteiger partial charge in [0.05, 0.1) is 28.9 Å². The summed E-state index contributed by atoms with van der Waals surface area (Å²) in [5.74, 6) is -0.382. The Bertz CT molecular complexity index is 1620. The third-order valence-corrected chi connectivity index (χ3v) is 8.22. The summed E-state index contributed by atoms with van der Waals surface area (Å²) in [5.41, 5.74) is 5.98. The first-order valence-corrected chi connectivity index (χ1v) is 12.7. The number of ether oxygens (including phenoxy) is 1. The van der Waals surface area contributed by atoms with Crippen molar-refractivity contribution in [1.82, 2.24) is 4.57 Å². The van der Waals surface area contributed by atoms with Gasteiger partial charge >= 0.3 is 5.97 Å². The van der Waals surface area contributed by atoms with Gasteiger partial charge in [0.25, 0.3) is 5.56 Å². The number of fused-ring (bicyclic) bond motifs is 3. The Kier molecular flexibility index (Phi) is 5.16. The van der Waals surface area contributed by atoms with E-state index in [0.717, 1.165) is 33.8 Å². The number of benzene rings is 2. The number of aromatic nitrogens is 1. The number of carbonyl (C=O) groups excluding carboxylic acids is 1. The Morgan fingerprint density at radius 2 is 1.91 bits per heavy atom. The molecular weight excluding hydrogens is 464 g/mol. The van der Waals surface area contributed by atoms with E-state index in [2.05, 4.69) is 35.7 Å². The quantitative estimate of drug-likeness (QED) is 0.410. The highest BCUT2D eigenvalue weighted by Crippen LogP contribution is 2.42. The zero-order chi connectivity index (χ0) is 23.2. The Labute approximate surface area is 203 Å². The average Bonchev–Trinajstić information content (AvgIpc) is 3.51. The van der Waals surface area contributed by atoms with Crippen molar-refractivity contribution in [2.75, 3.05) is 7.11 Å². The molecule has 2 aromatic carbocycles. The molecule has 2 aromatic heterocycles. The molecule has 1 unspecified atom stereocenters. The maximum atomic E-state index is 13.7. The number of aryl methyl sites for hydroxylation is 1. The smallest absolute Gasteiger partial charge is 0.337 e. The van der Waals surface area contributed by atoms with E-state index in [1.54, 1.807) is 23.5 Å². The van der Waals surface area contributed by atoms with Crippen LogP contribution in [0.3, 0.4) is 0 Å². The van der Waals surface area contributed by atoms with Gasteiger partial charge in [0.1, 0.15) is 0 Å². The van der Waals surface area contributed by atoms with Crippen LogP contribution in [-0.2, 0) is 11.2 Å². The van der Waals surface area contributed by atoms with Crippen LogP contribution in [0.2, 0.25) is 0 Å². The van der Waals surface area contributed by atoms with Gasteiger partial charge in [-0.1, -0.05) is 53.8 Å². The van der Waals surface area contributed by atoms with E-state index in [0.29, 0.717) is 10.1 Å². The van der Waals surface area contributed by atoms with Crippen molar-refractivity contribution >= 4 is 40.4 Å². The minimum absolute atomic E-state index is 0.0374. The standard InChI is InChI=1S/C27H20N2O3S2/c1-32-26(31)18-10-8-16(9-11-18)15-22-25(30)29-24(21-7-4-14-33-21)20-13-12-17-5-2-3-6-19(17)23(20)28-27(29)34-22/h2-11,14-15,24H,12-13H2,1H3. The van der Waals surface area contributed by atoms with Crippen molar-refractivity contribution in [2.24, 2.45) is 4.99 Å². The SMILES string of the molecule is COC(=O)c1ccc(C=c2sc3n(c2=O)C(c2cccs2)C2=C(N=3)c3ccccc3CC2)cc1. The molecule has 0 saturated heterocycles. The number of methoxy groups -OCH3 is 1. The summed E-state index contributed by atoms with van der Waals surface area (Å²) in [6.07, 6.45) is 3.70. The number of nitrogens with zero attached hydrogens (tertiary/aromatic N) is 2. The van der Waals surface area contributed by atoms with Crippen molar-refractivity contribution in [1.29, 1.82) is 0 Å². The Morgan fingerprint density at radius 3 is 2.68 bits per heavy atom. The molecule has 7 heteroatoms. The molecule has 0 radical (unpaired) electrons. The van der Waals surface area contributed by atoms with Gasteiger partial charge in [-0.2, -0.15) is 0 Å². The number of hydrogen-bond donors (Lipinski definition) is 0. The predicted molar refractivity (Wildman–Crippen MR) is 135 cm³/mol. The van der Waals surface area contributed by atoms with Gasteiger partial charge < -0.3 is 4.74 Å². The first-order valence-electron chi connectivity index (χ1n) is 11.0. The van der Waals surface area contributed by atoms with Crippen molar-refractivity contribution in [2.45, 2.75) is 18.9 Å². The van der Waals surface area contributed by atoms with Crippen LogP contribution < -0.4 is 14.9 Å². The van der Waals surface area contributed by atoms with Crippen LogP contribution >= 0.6 is 22.7 Å². The van der Waals surface area contributed by atoms with Gasteiger partial charge in [-0.15, -0.1) is 11.3 Å². The van der Waals surface area contributed by atoms with Crippen LogP contribution in [0.1, 0.15) is 44.4 Å². The highest BCUT2D eigenvalue weighted by atomic mass is 32.1. The van der Waals surface area contributed by atoms with Gasteiger partial charge in [0, 0.05) is 10.4 Å². The number of thiophene rings is 1. The first kappa shape index (κ1) is 21.0. The molecule has 1 atom stereocenters. The molecule has 5 nitrogen and oxygen atoms in total. The van der Waals surface area contributed by atoms with Crippen molar-refractivity contribution in [3.63, 3.8) is 0 Å². The van der Waals surface area contributed by atoms with Crippen molar-refractivity contribution in [3.8, 4) is 0 Å². The molecule has 3 heterocycles. The van der Waals surface area contributed by atoms with E-state index < -0.39 is 0 Å². The Hall–Kier alpha value is -3.55. The molecule has 0 saturated carbocycles. The summed E-state index contributed by atoms with van der Waals surface area (Å²) >= 11 is 3.08. The fourth-order valence-electron chi connectivity index (χ4n) is 4.70. The second kappa shape index (κ2) is 8.34. The summed E-state index contributed by atoms with van der Waals surface area (Å²) in [4.78, 5) is 32.3. The van der Waals surface area contributed by atoms with Gasteiger partial charge in [0.15, 0.2) is 4.80 Å². The Balaban J connectivity index is 1.54. The molecule has 0 spiro atoms. The van der Waals surface area contributed by atoms with E-state index in [1.165, 1.54) is 35.1 Å². The lowest BCUT2D eigenvalue weighted by molar-refractivity contribution is 0.0600. The molecular formula is C27H20N2O3S2. The van der Waals surface area contributed by atoms with Crippen LogP contribution in [0, 0.1) is 0 Å². The van der Waals surface area contributed by atoms with Crippen LogP contribution in [0.4, 0.5) is 0 Å². The molecule has 0 N–H and O–H groups in total. The van der Waals surface area contributed by atoms with Crippen LogP contribution in [0.25, 0.3) is 11.8 Å². The zero-order valence-corrected chi connectivity index (χ0v) is 20.0. The van der Waals surface area contributed by atoms with Crippen molar-refractivity contribution in [3.05, 3.63) is 118 Å². The third kappa shape index (κ3) is 3.40. The van der Waals surface area contributed by atoms with Crippen molar-refractivity contribution < 1.29 is 9.53 Å². The Morgan fingerprint density at radius 1 is 1.09 bits per heavy atom. The largest absolute Gasteiger partial charge is 0.465 e. The lowest BCUT2D eigenvalue weighted by Crippen LogP contribution is -2.38. The molecule has 2 aliphatic rings. The minimum atomic E-state index is -0.382. The summed E-state index contributed by atoms with van der Waals surface area (Å²) in [7, 11) is 1.36. The van der Waals surface area contributed by atoms with Gasteiger partial charge in [-0.05, 0) is 59.2 Å². The molecule has 1 aliphatic carbocycles. The van der Waals surface area contributed by atoms with E-state index in [-0.39, 0.29) is 17.6 Å². The lowest BCUT2D eigenvalue weighted by atomic mass is 9.85. The number of rotatable bonds is 3. The van der Waals surface area contributed by atoms with Gasteiger partial charge in [0.2, 0.25) is 0 Å². The third-order valence-electron chi connectivity index (χ3n) is 6.32. The number of carbonyl (C=O) groups is 1. The summed E-state index contributed by atoms with van der Waals surface area (Å²) in [5, 5.41) is 2.06. The summed E-state index contributed by atoms with van der Waals surface area (Å²) in [6.45, 7) is 0. The molecule has 0 fully saturated rings. The number of thiazole rings is 1. The molecule has 4 aromatic rings. The van der Waals surface area contributed by atoms with E-state index in [1.807, 2.05) is 28.8 Å². The lowest BCUT2D eigenvalue weighted by Gasteiger charge is -2.30. The maximum absolute atomic E-state index is 13.7. The van der Waals surface area contributed by atoms with E-state index >= 15 is 0 Å². The molecule has 0 amide bonds. The van der Waals surface area contributed by atoms with E-state index in [4.69, 9.17) is 9.73 Å². The molecule has 6 rings (SSSR count). The topological polar surface area (TPSA) is 60.7 Å². The fourth-order valence-corrected chi connectivity index (χ4v) is 6.55. The summed E-state index contributed by atoms with van der Waals surface area (Å²) < 4.78 is 7.25. The minimum Gasteiger partial charge on any atom is -0.465 e. The van der Waals surface area contributed by atoms with Gasteiger partial charge in [-0.25, -0.2) is 9.79 Å². The van der Waals surface area contributed by atoms with E-state index in [9.17, 15) is 9.59 Å². The molecule has 1 aliphatic heterocycles. The number of allylic oxidation sites excluding steroid dienone is 1. The fraction of sp³-hybridized carbons (Fsp3) is 0.148. The van der Waals surface area contributed by atoms with Crippen LogP contribution in [0.15, 0.2) is 81.4 Å². The van der Waals surface area contributed by atoms with Crippen LogP contribution in [0.5, 0.6) is 0 Å². The first-order chi connectivity index (χ1) is 16.6. The summed E-state index contributed by atoms with van der Waals surface area (Å²) in [6, 6.07) is 19.5. The maximum Gasteiger partial charge on any atom is 0.337 e. The molecule has 168 valence electrons. The normalized spacial score (nSPS) is 17.0. The second-order valence-electron chi connectivity index (χ2n) is 8.24. The zero-order valence-electron chi connectivity index (χ0n) is 18.4. The molecule has 0 bridgehead atoms. The van der Waals surface area contributed by atoms with Gasteiger partial charge in [-0.3, -0.25) is 9.36 Å². The monoisotopic (exact) mass is 484 g/mol. The highest BCUT2D eigenvalue weighted by Gasteiger charge is 2.32.